The molecule has 0 unspecified atom stereocenters. The molecule has 0 N–H and O–H groups in total. The number of ketones is 1. The van der Waals surface area contributed by atoms with Gasteiger partial charge in [0.2, 0.25) is 5.78 Å². The minimum atomic E-state index is -0.0959. The molecule has 0 spiro atoms. The minimum Gasteiger partial charge on any atom is -0.493 e. The van der Waals surface area contributed by atoms with Gasteiger partial charge in [-0.2, -0.15) is 4.79 Å². The highest BCUT2D eigenvalue weighted by Gasteiger charge is 2.40. The van der Waals surface area contributed by atoms with Gasteiger partial charge in [-0.3, -0.25) is 9.69 Å². The number of piperidine rings is 1. The lowest BCUT2D eigenvalue weighted by molar-refractivity contribution is -0.121. The lowest BCUT2D eigenvalue weighted by Gasteiger charge is -2.38. The Kier molecular flexibility index (Phi) is 3.49. The summed E-state index contributed by atoms with van der Waals surface area (Å²) in [6.07, 6.45) is 1.21. The molecule has 110 valence electrons. The third-order valence-corrected chi connectivity index (χ3v) is 4.29. The summed E-state index contributed by atoms with van der Waals surface area (Å²) in [7, 11) is 3.22. The van der Waals surface area contributed by atoms with Crippen LogP contribution in [0.1, 0.15) is 23.6 Å². The molecule has 1 saturated heterocycles. The van der Waals surface area contributed by atoms with E-state index in [2.05, 4.69) is 9.69 Å². The molecule has 0 saturated carbocycles. The van der Waals surface area contributed by atoms with Crippen LogP contribution >= 0.6 is 0 Å². The van der Waals surface area contributed by atoms with Crippen LogP contribution in [0.4, 0.5) is 0 Å². The van der Waals surface area contributed by atoms with Crippen LogP contribution in [-0.2, 0) is 11.2 Å². The molecule has 0 aromatic heterocycles. The minimum absolute atomic E-state index is 0.0200. The summed E-state index contributed by atoms with van der Waals surface area (Å²) >= 11 is 0. The number of rotatable bonds is 2. The van der Waals surface area contributed by atoms with Crippen molar-refractivity contribution < 1.29 is 19.1 Å². The summed E-state index contributed by atoms with van der Waals surface area (Å²) in [5.74, 6) is 1.29. The predicted molar refractivity (Wildman–Crippen MR) is 75.8 cm³/mol. The summed E-state index contributed by atoms with van der Waals surface area (Å²) in [6.45, 7) is 1.23. The first-order valence-electron chi connectivity index (χ1n) is 6.91. The number of carbonyl (C=O) groups excluding carboxylic acids is 1. The van der Waals surface area contributed by atoms with E-state index in [4.69, 9.17) is 15.0 Å². The van der Waals surface area contributed by atoms with Crippen LogP contribution in [0.5, 0.6) is 11.5 Å². The second-order valence-corrected chi connectivity index (χ2v) is 5.32. The third kappa shape index (κ3) is 2.22. The maximum Gasteiger partial charge on any atom is 0.348 e. The monoisotopic (exact) mass is 287 g/mol. The molecule has 0 radical (unpaired) electrons. The summed E-state index contributed by atoms with van der Waals surface area (Å²) in [5.41, 5.74) is 11.4. The van der Waals surface area contributed by atoms with Gasteiger partial charge in [0.05, 0.1) is 14.2 Å². The number of hydrogen-bond acceptors (Lipinski definition) is 4. The normalized spacial score (nSPS) is 21.3. The van der Waals surface area contributed by atoms with Crippen molar-refractivity contribution in [3.05, 3.63) is 28.8 Å². The van der Waals surface area contributed by atoms with E-state index in [0.717, 1.165) is 18.5 Å². The molecule has 1 aromatic rings. The van der Waals surface area contributed by atoms with E-state index in [9.17, 15) is 4.79 Å². The fraction of sp³-hybridized carbons (Fsp3) is 0.467. The number of methoxy groups -OCH3 is 2. The van der Waals surface area contributed by atoms with Gasteiger partial charge in [-0.1, -0.05) is 0 Å². The highest BCUT2D eigenvalue weighted by molar-refractivity contribution is 6.39. The smallest absolute Gasteiger partial charge is 0.348 e. The number of carbonyl (C=O) groups is 1. The van der Waals surface area contributed by atoms with Gasteiger partial charge < -0.3 is 15.0 Å². The lowest BCUT2D eigenvalue weighted by Crippen LogP contribution is -2.47. The van der Waals surface area contributed by atoms with Crippen LogP contribution in [0.25, 0.3) is 5.53 Å². The van der Waals surface area contributed by atoms with Crippen molar-refractivity contribution in [3.63, 3.8) is 0 Å². The molecule has 2 heterocycles. The van der Waals surface area contributed by atoms with Gasteiger partial charge >= 0.3 is 5.71 Å². The average molecular weight is 287 g/mol. The second kappa shape index (κ2) is 5.31. The Morgan fingerprint density at radius 1 is 1.29 bits per heavy atom. The zero-order chi connectivity index (χ0) is 15.0. The molecule has 6 nitrogen and oxygen atoms in total. The predicted octanol–water partition coefficient (Wildman–Crippen LogP) is 1.25. The van der Waals surface area contributed by atoms with Crippen molar-refractivity contribution in [1.82, 2.24) is 4.90 Å². The number of nitrogens with zero attached hydrogens (tertiary/aromatic N) is 3. The number of benzene rings is 1. The van der Waals surface area contributed by atoms with Crippen molar-refractivity contribution >= 4 is 11.5 Å². The van der Waals surface area contributed by atoms with Crippen molar-refractivity contribution in [1.29, 1.82) is 0 Å². The zero-order valence-corrected chi connectivity index (χ0v) is 12.1. The van der Waals surface area contributed by atoms with Gasteiger partial charge in [0.15, 0.2) is 11.5 Å². The molecule has 21 heavy (non-hydrogen) atoms. The molecule has 1 aromatic carbocycles. The second-order valence-electron chi connectivity index (χ2n) is 5.32. The van der Waals surface area contributed by atoms with Crippen LogP contribution in [0.15, 0.2) is 12.1 Å². The Labute approximate surface area is 122 Å². The largest absolute Gasteiger partial charge is 0.493 e. The fourth-order valence-corrected chi connectivity index (χ4v) is 3.17. The number of fused-ring (bicyclic) bond motifs is 3. The Morgan fingerprint density at radius 3 is 2.67 bits per heavy atom. The zero-order valence-electron chi connectivity index (χ0n) is 12.1. The van der Waals surface area contributed by atoms with E-state index >= 15 is 0 Å². The molecule has 6 heteroatoms. The van der Waals surface area contributed by atoms with E-state index in [1.54, 1.807) is 14.2 Å². The average Bonchev–Trinajstić information content (AvgIpc) is 2.52. The molecule has 0 aliphatic carbocycles. The van der Waals surface area contributed by atoms with Crippen molar-refractivity contribution in [2.45, 2.75) is 18.9 Å². The van der Waals surface area contributed by atoms with Gasteiger partial charge in [0.1, 0.15) is 6.54 Å². The summed E-state index contributed by atoms with van der Waals surface area (Å²) in [5, 5.41) is 0. The van der Waals surface area contributed by atoms with Crippen LogP contribution in [0, 0.1) is 0 Å². The Hall–Kier alpha value is -2.17. The summed E-state index contributed by atoms with van der Waals surface area (Å²) < 4.78 is 10.7. The lowest BCUT2D eigenvalue weighted by atomic mass is 9.85. The number of ether oxygens (including phenoxy) is 2. The quantitative estimate of drug-likeness (QED) is 0.606. The molecule has 1 atom stereocenters. The highest BCUT2D eigenvalue weighted by Crippen LogP contribution is 2.40. The molecule has 2 aliphatic rings. The van der Waals surface area contributed by atoms with Crippen molar-refractivity contribution in [2.24, 2.45) is 0 Å². The standard InChI is InChI=1S/C15H17N3O3/c1-20-14-5-9-3-4-18-8-11(17-16)13(19)7-12(18)10(9)6-15(14)21-2/h5-6,12H,3-4,7-8H2,1-2H3/t12-/m1/s1. The van der Waals surface area contributed by atoms with E-state index in [1.165, 1.54) is 5.56 Å². The number of Topliss-reactive ketones (excluding diaryl/α,β-unsaturated/α-hetero) is 1. The van der Waals surface area contributed by atoms with Crippen LogP contribution in [0.3, 0.4) is 0 Å². The van der Waals surface area contributed by atoms with Gasteiger partial charge in [0, 0.05) is 19.0 Å². The Morgan fingerprint density at radius 2 is 2.00 bits per heavy atom. The highest BCUT2D eigenvalue weighted by atomic mass is 16.5. The van der Waals surface area contributed by atoms with Crippen molar-refractivity contribution in [3.8, 4) is 11.5 Å². The first-order chi connectivity index (χ1) is 10.2. The fourth-order valence-electron chi connectivity index (χ4n) is 3.17. The van der Waals surface area contributed by atoms with Gasteiger partial charge in [-0.05, 0) is 29.7 Å². The van der Waals surface area contributed by atoms with Gasteiger partial charge in [-0.25, -0.2) is 0 Å². The number of hydrogen-bond donors (Lipinski definition) is 0. The van der Waals surface area contributed by atoms with E-state index in [0.29, 0.717) is 24.5 Å². The molecule has 2 aliphatic heterocycles. The molecular weight excluding hydrogens is 270 g/mol. The SMILES string of the molecule is COc1cc2c(cc1OC)[C@H]1CC(=O)C(=[N+]=[N-])CN1CC2. The van der Waals surface area contributed by atoms with E-state index in [1.807, 2.05) is 12.1 Å². The first kappa shape index (κ1) is 13.8. The van der Waals surface area contributed by atoms with E-state index in [-0.39, 0.29) is 17.5 Å². The van der Waals surface area contributed by atoms with Gasteiger partial charge in [0.25, 0.3) is 0 Å². The Bertz CT molecular complexity index is 650. The summed E-state index contributed by atoms with van der Waals surface area (Å²) in [6, 6.07) is 3.97. The maximum atomic E-state index is 12.0. The van der Waals surface area contributed by atoms with E-state index < -0.39 is 0 Å². The topological polar surface area (TPSA) is 75.2 Å². The molecule has 1 fully saturated rings. The van der Waals surface area contributed by atoms with Gasteiger partial charge in [-0.15, -0.1) is 0 Å². The third-order valence-electron chi connectivity index (χ3n) is 4.29. The van der Waals surface area contributed by atoms with Crippen LogP contribution in [-0.4, -0.2) is 48.5 Å². The summed E-state index contributed by atoms with van der Waals surface area (Å²) in [4.78, 5) is 17.3. The molecule has 3 rings (SSSR count). The van der Waals surface area contributed by atoms with Crippen LogP contribution in [0.2, 0.25) is 0 Å². The first-order valence-corrected chi connectivity index (χ1v) is 6.91. The van der Waals surface area contributed by atoms with Crippen molar-refractivity contribution in [2.75, 3.05) is 27.3 Å². The van der Waals surface area contributed by atoms with Crippen LogP contribution < -0.4 is 9.47 Å². The Balaban J connectivity index is 2.03. The maximum absolute atomic E-state index is 12.0. The molecular formula is C15H17N3O3. The molecule has 0 amide bonds. The molecule has 0 bridgehead atoms.